The average molecular weight is 263 g/mol. The zero-order valence-corrected chi connectivity index (χ0v) is 10.1. The van der Waals surface area contributed by atoms with Crippen LogP contribution in [-0.4, -0.2) is 47.4 Å². The second kappa shape index (κ2) is 4.82. The van der Waals surface area contributed by atoms with Gasteiger partial charge in [0.05, 0.1) is 18.0 Å². The molecule has 0 aromatic carbocycles. The summed E-state index contributed by atoms with van der Waals surface area (Å²) in [7, 11) is -4.02. The fraction of sp³-hybridized carbons (Fsp3) is 0.500. The summed E-state index contributed by atoms with van der Waals surface area (Å²) in [5.74, 6) is -1.45. The Kier molecular flexibility index (Phi) is 3.86. The van der Waals surface area contributed by atoms with Gasteiger partial charge < -0.3 is 10.2 Å². The molecule has 0 aliphatic carbocycles. The maximum atomic E-state index is 11.9. The number of carboxylic acid groups (broad SMARTS) is 1. The topological polar surface area (TPSA) is 132 Å². The Bertz CT molecular complexity index is 502. The van der Waals surface area contributed by atoms with Crippen molar-refractivity contribution >= 4 is 16.0 Å². The van der Waals surface area contributed by atoms with Gasteiger partial charge in [-0.15, -0.1) is 0 Å². The van der Waals surface area contributed by atoms with Gasteiger partial charge in [0, 0.05) is 0 Å². The molecule has 0 aliphatic rings. The van der Waals surface area contributed by atoms with Crippen LogP contribution in [0.5, 0.6) is 0 Å². The third-order valence-corrected chi connectivity index (χ3v) is 3.84. The number of aliphatic hydroxyl groups is 1. The van der Waals surface area contributed by atoms with Gasteiger partial charge in [-0.1, -0.05) is 0 Å². The smallest absolute Gasteiger partial charge is 0.324 e. The molecule has 1 atom stereocenters. The van der Waals surface area contributed by atoms with Gasteiger partial charge in [-0.3, -0.25) is 9.89 Å². The number of H-pyrrole nitrogens is 1. The first-order valence-corrected chi connectivity index (χ1v) is 6.15. The lowest BCUT2D eigenvalue weighted by molar-refractivity contribution is -0.139. The number of aryl methyl sites for hydroxylation is 2. The molecule has 96 valence electrons. The number of nitrogens with one attached hydrogen (secondary N) is 2. The van der Waals surface area contributed by atoms with Crippen LogP contribution in [0, 0.1) is 13.8 Å². The number of sulfonamides is 1. The first-order chi connectivity index (χ1) is 7.79. The number of aromatic amines is 1. The molecule has 0 spiro atoms. The van der Waals surface area contributed by atoms with E-state index in [1.165, 1.54) is 13.8 Å². The van der Waals surface area contributed by atoms with Crippen molar-refractivity contribution in [3.05, 3.63) is 11.4 Å². The molecule has 8 nitrogen and oxygen atoms in total. The first-order valence-electron chi connectivity index (χ1n) is 4.67. The van der Waals surface area contributed by atoms with Crippen molar-refractivity contribution in [2.45, 2.75) is 24.8 Å². The third-order valence-electron chi connectivity index (χ3n) is 2.11. The fourth-order valence-corrected chi connectivity index (χ4v) is 2.90. The lowest BCUT2D eigenvalue weighted by Gasteiger charge is -2.12. The summed E-state index contributed by atoms with van der Waals surface area (Å²) in [6, 6.07) is -1.58. The second-order valence-electron chi connectivity index (χ2n) is 3.46. The summed E-state index contributed by atoms with van der Waals surface area (Å²) in [4.78, 5) is 10.5. The molecular formula is C8H13N3O5S. The Balaban J connectivity index is 3.09. The highest BCUT2D eigenvalue weighted by Gasteiger charge is 2.28. The first kappa shape index (κ1) is 13.6. The largest absolute Gasteiger partial charge is 0.480 e. The zero-order valence-electron chi connectivity index (χ0n) is 9.26. The highest BCUT2D eigenvalue weighted by Crippen LogP contribution is 2.16. The normalized spacial score (nSPS) is 13.6. The molecule has 1 heterocycles. The van der Waals surface area contributed by atoms with Crippen LogP contribution in [0.1, 0.15) is 11.4 Å². The van der Waals surface area contributed by atoms with E-state index in [-0.39, 0.29) is 10.6 Å². The van der Waals surface area contributed by atoms with Crippen molar-refractivity contribution in [3.63, 3.8) is 0 Å². The minimum Gasteiger partial charge on any atom is -0.480 e. The van der Waals surface area contributed by atoms with Crippen LogP contribution >= 0.6 is 0 Å². The second-order valence-corrected chi connectivity index (χ2v) is 5.11. The SMILES string of the molecule is Cc1n[nH]c(C)c1S(=O)(=O)NC(CO)C(=O)O. The number of aliphatic carboxylic acids is 1. The molecule has 0 amide bonds. The predicted molar refractivity (Wildman–Crippen MR) is 56.9 cm³/mol. The van der Waals surface area contributed by atoms with Gasteiger partial charge >= 0.3 is 5.97 Å². The van der Waals surface area contributed by atoms with Crippen molar-refractivity contribution in [1.82, 2.24) is 14.9 Å². The van der Waals surface area contributed by atoms with Crippen molar-refractivity contribution in [1.29, 1.82) is 0 Å². The third kappa shape index (κ3) is 2.81. The van der Waals surface area contributed by atoms with E-state index >= 15 is 0 Å². The monoisotopic (exact) mass is 263 g/mol. The quantitative estimate of drug-likeness (QED) is 0.524. The van der Waals surface area contributed by atoms with Crippen LogP contribution < -0.4 is 4.72 Å². The zero-order chi connectivity index (χ0) is 13.2. The molecule has 17 heavy (non-hydrogen) atoms. The summed E-state index contributed by atoms with van der Waals surface area (Å²) in [6.45, 7) is 2.15. The standard InChI is InChI=1S/C8H13N3O5S/c1-4-7(5(2)10-9-4)17(15,16)11-6(3-12)8(13)14/h6,11-12H,3H2,1-2H3,(H,9,10)(H,13,14). The molecule has 0 bridgehead atoms. The lowest BCUT2D eigenvalue weighted by atomic mass is 10.3. The van der Waals surface area contributed by atoms with E-state index in [1.54, 1.807) is 0 Å². The highest BCUT2D eigenvalue weighted by atomic mass is 32.2. The maximum Gasteiger partial charge on any atom is 0.324 e. The summed E-state index contributed by atoms with van der Waals surface area (Å²) >= 11 is 0. The van der Waals surface area contributed by atoms with Gasteiger partial charge in [-0.25, -0.2) is 8.42 Å². The van der Waals surface area contributed by atoms with Gasteiger partial charge in [0.15, 0.2) is 0 Å². The average Bonchev–Trinajstić information content (AvgIpc) is 2.55. The van der Waals surface area contributed by atoms with Gasteiger partial charge in [-0.2, -0.15) is 9.82 Å². The van der Waals surface area contributed by atoms with E-state index in [9.17, 15) is 13.2 Å². The Hall–Kier alpha value is -1.45. The van der Waals surface area contributed by atoms with Crippen molar-refractivity contribution < 1.29 is 23.4 Å². The fourth-order valence-electron chi connectivity index (χ4n) is 1.35. The van der Waals surface area contributed by atoms with Gasteiger partial charge in [0.1, 0.15) is 10.9 Å². The van der Waals surface area contributed by atoms with E-state index in [1.807, 2.05) is 4.72 Å². The molecule has 1 aromatic rings. The Morgan fingerprint density at radius 3 is 2.47 bits per heavy atom. The van der Waals surface area contributed by atoms with Crippen LogP contribution in [0.3, 0.4) is 0 Å². The molecule has 1 rings (SSSR count). The van der Waals surface area contributed by atoms with E-state index in [4.69, 9.17) is 10.2 Å². The van der Waals surface area contributed by atoms with Crippen molar-refractivity contribution in [3.8, 4) is 0 Å². The summed E-state index contributed by atoms with van der Waals surface area (Å²) in [5.41, 5.74) is 0.536. The number of rotatable bonds is 5. The van der Waals surface area contributed by atoms with Crippen LogP contribution in [0.15, 0.2) is 4.90 Å². The predicted octanol–water partition coefficient (Wildman–Crippen LogP) is -1.25. The maximum absolute atomic E-state index is 11.9. The van der Waals surface area contributed by atoms with E-state index in [0.717, 1.165) is 0 Å². The van der Waals surface area contributed by atoms with E-state index in [2.05, 4.69) is 10.2 Å². The summed E-state index contributed by atoms with van der Waals surface area (Å²) in [6.07, 6.45) is 0. The molecule has 0 fully saturated rings. The highest BCUT2D eigenvalue weighted by molar-refractivity contribution is 7.89. The number of carbonyl (C=O) groups is 1. The number of carboxylic acids is 1. The van der Waals surface area contributed by atoms with E-state index < -0.39 is 28.6 Å². The molecule has 0 radical (unpaired) electrons. The Morgan fingerprint density at radius 1 is 1.53 bits per heavy atom. The van der Waals surface area contributed by atoms with Crippen LogP contribution in [-0.2, 0) is 14.8 Å². The molecule has 1 aromatic heterocycles. The van der Waals surface area contributed by atoms with Crippen LogP contribution in [0.4, 0.5) is 0 Å². The summed E-state index contributed by atoms with van der Waals surface area (Å²) < 4.78 is 25.6. The van der Waals surface area contributed by atoms with Gasteiger partial charge in [-0.05, 0) is 13.8 Å². The van der Waals surface area contributed by atoms with Crippen LogP contribution in [0.2, 0.25) is 0 Å². The number of aromatic nitrogens is 2. The number of hydrogen-bond acceptors (Lipinski definition) is 5. The molecule has 0 aliphatic heterocycles. The molecule has 0 saturated heterocycles. The van der Waals surface area contributed by atoms with Crippen molar-refractivity contribution in [2.24, 2.45) is 0 Å². The minimum atomic E-state index is -4.02. The Morgan fingerprint density at radius 2 is 2.12 bits per heavy atom. The molecule has 0 saturated carbocycles. The molecule has 1 unspecified atom stereocenters. The molecule has 9 heteroatoms. The van der Waals surface area contributed by atoms with Gasteiger partial charge in [0.2, 0.25) is 10.0 Å². The number of aliphatic hydroxyl groups excluding tert-OH is 1. The molecular weight excluding hydrogens is 250 g/mol. The number of nitrogens with zero attached hydrogens (tertiary/aromatic N) is 1. The Labute approximate surface area is 97.7 Å². The lowest BCUT2D eigenvalue weighted by Crippen LogP contribution is -2.43. The van der Waals surface area contributed by atoms with E-state index in [0.29, 0.717) is 5.69 Å². The van der Waals surface area contributed by atoms with Crippen molar-refractivity contribution in [2.75, 3.05) is 6.61 Å². The minimum absolute atomic E-state index is 0.0998. The van der Waals surface area contributed by atoms with Crippen LogP contribution in [0.25, 0.3) is 0 Å². The molecule has 4 N–H and O–H groups in total. The summed E-state index contributed by atoms with van der Waals surface area (Å²) in [5, 5.41) is 23.6. The van der Waals surface area contributed by atoms with Gasteiger partial charge in [0.25, 0.3) is 0 Å². The number of hydrogen-bond donors (Lipinski definition) is 4.